The van der Waals surface area contributed by atoms with Gasteiger partial charge < -0.3 is 9.88 Å². The van der Waals surface area contributed by atoms with Crippen LogP contribution in [0.1, 0.15) is 25.0 Å². The van der Waals surface area contributed by atoms with Gasteiger partial charge >= 0.3 is 6.18 Å². The summed E-state index contributed by atoms with van der Waals surface area (Å²) in [5.74, 6) is -0.975. The van der Waals surface area contributed by atoms with Gasteiger partial charge in [0.1, 0.15) is 11.4 Å². The number of rotatable bonds is 3. The first-order valence-corrected chi connectivity index (χ1v) is 8.24. The molecule has 4 nitrogen and oxygen atoms in total. The highest BCUT2D eigenvalue weighted by molar-refractivity contribution is 5.97. The number of nitrogens with zero attached hydrogens (tertiary/aromatic N) is 2. The number of carbonyl (C=O) groups excluding carboxylic acids is 1. The van der Waals surface area contributed by atoms with Crippen molar-refractivity contribution in [1.29, 1.82) is 5.26 Å². The van der Waals surface area contributed by atoms with Gasteiger partial charge in [-0.05, 0) is 56.3 Å². The number of carbonyl (C=O) groups is 1. The summed E-state index contributed by atoms with van der Waals surface area (Å²) >= 11 is 0. The lowest BCUT2D eigenvalue weighted by atomic mass is 10.0. The Morgan fingerprint density at radius 1 is 1.11 bits per heavy atom. The van der Waals surface area contributed by atoms with E-state index in [2.05, 4.69) is 5.32 Å². The van der Waals surface area contributed by atoms with Crippen LogP contribution in [0.25, 0.3) is 10.9 Å². The molecule has 3 aromatic rings. The molecule has 0 aliphatic heterocycles. The highest BCUT2D eigenvalue weighted by atomic mass is 19.4. The first-order chi connectivity index (χ1) is 13.0. The van der Waals surface area contributed by atoms with Crippen LogP contribution in [0.2, 0.25) is 0 Å². The molecule has 0 radical (unpaired) electrons. The maximum atomic E-state index is 13.4. The molecule has 0 atom stereocenters. The van der Waals surface area contributed by atoms with Gasteiger partial charge in [0.2, 0.25) is 5.91 Å². The molecule has 1 aromatic heterocycles. The highest BCUT2D eigenvalue weighted by Crippen LogP contribution is 2.34. The molecule has 0 aliphatic rings. The Morgan fingerprint density at radius 3 is 2.46 bits per heavy atom. The second-order valence-corrected chi connectivity index (χ2v) is 6.77. The number of halogens is 4. The zero-order chi connectivity index (χ0) is 20.7. The molecular weight excluding hydrogens is 374 g/mol. The number of hydrogen-bond acceptors (Lipinski definition) is 2. The van der Waals surface area contributed by atoms with Crippen LogP contribution in [-0.4, -0.2) is 10.5 Å². The lowest BCUT2D eigenvalue weighted by Crippen LogP contribution is -2.39. The summed E-state index contributed by atoms with van der Waals surface area (Å²) < 4.78 is 54.4. The Bertz CT molecular complexity index is 1110. The average Bonchev–Trinajstić information content (AvgIpc) is 3.04. The first kappa shape index (κ1) is 19.4. The zero-order valence-corrected chi connectivity index (χ0v) is 14.9. The number of hydrogen-bond donors (Lipinski definition) is 1. The standard InChI is InChI=1S/C20H15F4N3O/c1-19(2,27-8-7-12-9-14(21)4-6-17(12)27)18(28)26-15-5-3-13(11-25)16(10-15)20(22,23)24/h3-10H,1-2H3,(H,26,28). The molecule has 144 valence electrons. The van der Waals surface area contributed by atoms with Crippen molar-refractivity contribution in [2.75, 3.05) is 5.32 Å². The number of aromatic nitrogens is 1. The molecule has 3 rings (SSSR count). The Balaban J connectivity index is 1.94. The fourth-order valence-electron chi connectivity index (χ4n) is 2.95. The molecule has 0 fully saturated rings. The Hall–Kier alpha value is -3.34. The maximum absolute atomic E-state index is 13.4. The van der Waals surface area contributed by atoms with Gasteiger partial charge in [-0.25, -0.2) is 4.39 Å². The number of benzene rings is 2. The van der Waals surface area contributed by atoms with Crippen molar-refractivity contribution in [3.8, 4) is 6.07 Å². The highest BCUT2D eigenvalue weighted by Gasteiger charge is 2.35. The smallest absolute Gasteiger partial charge is 0.333 e. The van der Waals surface area contributed by atoms with Crippen molar-refractivity contribution < 1.29 is 22.4 Å². The summed E-state index contributed by atoms with van der Waals surface area (Å²) in [6.45, 7) is 3.19. The third kappa shape index (κ3) is 3.43. The molecule has 8 heteroatoms. The van der Waals surface area contributed by atoms with E-state index in [9.17, 15) is 22.4 Å². The molecule has 1 amide bonds. The van der Waals surface area contributed by atoms with Crippen molar-refractivity contribution in [1.82, 2.24) is 4.57 Å². The fourth-order valence-corrected chi connectivity index (χ4v) is 2.95. The second kappa shape index (κ2) is 6.68. The molecule has 0 unspecified atom stereocenters. The quantitative estimate of drug-likeness (QED) is 0.638. The average molecular weight is 389 g/mol. The van der Waals surface area contributed by atoms with Crippen molar-refractivity contribution in [2.24, 2.45) is 0 Å². The summed E-state index contributed by atoms with van der Waals surface area (Å²) in [4.78, 5) is 12.8. The monoisotopic (exact) mass is 389 g/mol. The molecular formula is C20H15F4N3O. The van der Waals surface area contributed by atoms with Gasteiger partial charge in [0.25, 0.3) is 0 Å². The van der Waals surface area contributed by atoms with Crippen LogP contribution in [0.4, 0.5) is 23.2 Å². The van der Waals surface area contributed by atoms with E-state index in [0.717, 1.165) is 12.1 Å². The van der Waals surface area contributed by atoms with Crippen LogP contribution < -0.4 is 5.32 Å². The van der Waals surface area contributed by atoms with E-state index in [-0.39, 0.29) is 5.69 Å². The Morgan fingerprint density at radius 2 is 1.82 bits per heavy atom. The topological polar surface area (TPSA) is 57.8 Å². The third-order valence-corrected chi connectivity index (χ3v) is 4.51. The van der Waals surface area contributed by atoms with E-state index in [1.165, 1.54) is 30.3 Å². The summed E-state index contributed by atoms with van der Waals surface area (Å²) in [5, 5.41) is 11.9. The normalized spacial score (nSPS) is 12.0. The predicted octanol–water partition coefficient (Wildman–Crippen LogP) is 5.04. The van der Waals surface area contributed by atoms with Crippen molar-refractivity contribution in [3.63, 3.8) is 0 Å². The van der Waals surface area contributed by atoms with Crippen LogP contribution in [0, 0.1) is 17.1 Å². The van der Waals surface area contributed by atoms with E-state index >= 15 is 0 Å². The van der Waals surface area contributed by atoms with E-state index in [1.807, 2.05) is 0 Å². The predicted molar refractivity (Wildman–Crippen MR) is 96.0 cm³/mol. The van der Waals surface area contributed by atoms with E-state index < -0.39 is 34.6 Å². The Labute approximate surface area is 158 Å². The molecule has 1 N–H and O–H groups in total. The van der Waals surface area contributed by atoms with Crippen LogP contribution in [0.5, 0.6) is 0 Å². The largest absolute Gasteiger partial charge is 0.417 e. The minimum Gasteiger partial charge on any atom is -0.333 e. The molecule has 28 heavy (non-hydrogen) atoms. The summed E-state index contributed by atoms with van der Waals surface area (Å²) in [5.41, 5.74) is -2.29. The van der Waals surface area contributed by atoms with Gasteiger partial charge in [-0.3, -0.25) is 4.79 Å². The van der Waals surface area contributed by atoms with Crippen molar-refractivity contribution in [3.05, 3.63) is 65.6 Å². The minimum absolute atomic E-state index is 0.0769. The van der Waals surface area contributed by atoms with Crippen molar-refractivity contribution >= 4 is 22.5 Å². The molecule has 0 saturated carbocycles. The second-order valence-electron chi connectivity index (χ2n) is 6.77. The first-order valence-electron chi connectivity index (χ1n) is 8.24. The van der Waals surface area contributed by atoms with E-state index in [4.69, 9.17) is 5.26 Å². The van der Waals surface area contributed by atoms with Gasteiger partial charge in [-0.2, -0.15) is 18.4 Å². The lowest BCUT2D eigenvalue weighted by molar-refractivity contribution is -0.137. The van der Waals surface area contributed by atoms with Crippen molar-refractivity contribution in [2.45, 2.75) is 25.6 Å². The number of anilines is 1. The zero-order valence-electron chi connectivity index (χ0n) is 14.9. The van der Waals surface area contributed by atoms with Crippen LogP contribution in [-0.2, 0) is 16.5 Å². The summed E-state index contributed by atoms with van der Waals surface area (Å²) in [7, 11) is 0. The molecule has 1 heterocycles. The fraction of sp³-hybridized carbons (Fsp3) is 0.200. The van der Waals surface area contributed by atoms with Gasteiger partial charge in [0.05, 0.1) is 17.2 Å². The van der Waals surface area contributed by atoms with E-state index in [0.29, 0.717) is 10.9 Å². The molecule has 0 aliphatic carbocycles. The summed E-state index contributed by atoms with van der Waals surface area (Å²) in [6, 6.07) is 10.3. The maximum Gasteiger partial charge on any atom is 0.417 e. The number of alkyl halides is 3. The third-order valence-electron chi connectivity index (χ3n) is 4.51. The summed E-state index contributed by atoms with van der Waals surface area (Å²) in [6.07, 6.45) is -3.11. The lowest BCUT2D eigenvalue weighted by Gasteiger charge is -2.27. The molecule has 2 aromatic carbocycles. The number of nitrogens with one attached hydrogen (secondary N) is 1. The molecule has 0 saturated heterocycles. The number of amides is 1. The molecule has 0 spiro atoms. The number of nitriles is 1. The SMILES string of the molecule is CC(C)(C(=O)Nc1ccc(C#N)c(C(F)(F)F)c1)n1ccc2cc(F)ccc21. The van der Waals surface area contributed by atoms with Crippen LogP contribution >= 0.6 is 0 Å². The van der Waals surface area contributed by atoms with Crippen LogP contribution in [0.15, 0.2) is 48.7 Å². The molecule has 0 bridgehead atoms. The van der Waals surface area contributed by atoms with E-state index in [1.54, 1.807) is 30.7 Å². The van der Waals surface area contributed by atoms with Gasteiger partial charge in [-0.15, -0.1) is 0 Å². The van der Waals surface area contributed by atoms with Gasteiger partial charge in [0, 0.05) is 22.8 Å². The number of fused-ring (bicyclic) bond motifs is 1. The Kier molecular flexibility index (Phi) is 4.63. The van der Waals surface area contributed by atoms with Gasteiger partial charge in [0.15, 0.2) is 0 Å². The minimum atomic E-state index is -4.72. The van der Waals surface area contributed by atoms with Crippen LogP contribution in [0.3, 0.4) is 0 Å². The van der Waals surface area contributed by atoms with Gasteiger partial charge in [-0.1, -0.05) is 0 Å².